The Labute approximate surface area is 115 Å². The van der Waals surface area contributed by atoms with Gasteiger partial charge in [-0.3, -0.25) is 9.79 Å². The number of carbonyl (C=O) groups is 1. The van der Waals surface area contributed by atoms with Crippen molar-refractivity contribution in [2.75, 3.05) is 7.05 Å². The van der Waals surface area contributed by atoms with Gasteiger partial charge in [0.1, 0.15) is 5.03 Å². The SMILES string of the molecule is CNC(=O)c1cnc2c(c1)N=Cc1ccccc1S2. The number of fused-ring (bicyclic) bond motifs is 2. The topological polar surface area (TPSA) is 54.4 Å². The first-order valence-electron chi connectivity index (χ1n) is 5.81. The highest BCUT2D eigenvalue weighted by Crippen LogP contribution is 2.37. The lowest BCUT2D eigenvalue weighted by molar-refractivity contribution is 0.0962. The van der Waals surface area contributed by atoms with E-state index in [2.05, 4.69) is 15.3 Å². The van der Waals surface area contributed by atoms with Crippen LogP contribution in [0.5, 0.6) is 0 Å². The summed E-state index contributed by atoms with van der Waals surface area (Å²) in [6.07, 6.45) is 3.39. The maximum absolute atomic E-state index is 11.6. The lowest BCUT2D eigenvalue weighted by Crippen LogP contribution is -2.17. The zero-order valence-corrected chi connectivity index (χ0v) is 11.1. The Hall–Kier alpha value is -2.14. The molecule has 0 unspecified atom stereocenters. The fourth-order valence-electron chi connectivity index (χ4n) is 1.80. The summed E-state index contributed by atoms with van der Waals surface area (Å²) in [4.78, 5) is 21.5. The van der Waals surface area contributed by atoms with Gasteiger partial charge in [-0.2, -0.15) is 0 Å². The van der Waals surface area contributed by atoms with Crippen LogP contribution in [0.25, 0.3) is 0 Å². The number of benzene rings is 1. The predicted molar refractivity (Wildman–Crippen MR) is 75.4 cm³/mol. The van der Waals surface area contributed by atoms with Crippen LogP contribution in [-0.2, 0) is 0 Å². The van der Waals surface area contributed by atoms with E-state index in [0.717, 1.165) is 21.2 Å². The third kappa shape index (κ3) is 2.24. The van der Waals surface area contributed by atoms with Gasteiger partial charge in [0.15, 0.2) is 0 Å². The molecule has 2 aromatic rings. The minimum absolute atomic E-state index is 0.155. The molecule has 0 bridgehead atoms. The summed E-state index contributed by atoms with van der Waals surface area (Å²) >= 11 is 1.56. The Balaban J connectivity index is 2.06. The van der Waals surface area contributed by atoms with Crippen molar-refractivity contribution in [2.24, 2.45) is 4.99 Å². The van der Waals surface area contributed by atoms with E-state index in [4.69, 9.17) is 0 Å². The number of rotatable bonds is 1. The molecule has 4 nitrogen and oxygen atoms in total. The predicted octanol–water partition coefficient (Wildman–Crippen LogP) is 2.66. The van der Waals surface area contributed by atoms with E-state index in [0.29, 0.717) is 5.56 Å². The lowest BCUT2D eigenvalue weighted by atomic mass is 10.2. The number of nitrogens with zero attached hydrogens (tertiary/aromatic N) is 2. The molecule has 2 heterocycles. The zero-order chi connectivity index (χ0) is 13.2. The molecule has 0 saturated heterocycles. The van der Waals surface area contributed by atoms with Gasteiger partial charge in [0.25, 0.3) is 5.91 Å². The first-order valence-corrected chi connectivity index (χ1v) is 6.62. The van der Waals surface area contributed by atoms with Gasteiger partial charge in [0, 0.05) is 29.9 Å². The monoisotopic (exact) mass is 269 g/mol. The fraction of sp³-hybridized carbons (Fsp3) is 0.0714. The van der Waals surface area contributed by atoms with Crippen LogP contribution in [-0.4, -0.2) is 24.2 Å². The van der Waals surface area contributed by atoms with Crippen LogP contribution >= 0.6 is 11.8 Å². The number of pyridine rings is 1. The highest BCUT2D eigenvalue weighted by molar-refractivity contribution is 7.99. The van der Waals surface area contributed by atoms with Crippen LogP contribution in [0.3, 0.4) is 0 Å². The molecule has 1 N–H and O–H groups in total. The van der Waals surface area contributed by atoms with Crippen molar-refractivity contribution in [3.63, 3.8) is 0 Å². The minimum atomic E-state index is -0.155. The van der Waals surface area contributed by atoms with Gasteiger partial charge in [0.05, 0.1) is 11.3 Å². The molecule has 0 aliphatic carbocycles. The Kier molecular flexibility index (Phi) is 3.05. The fourth-order valence-corrected chi connectivity index (χ4v) is 2.72. The summed E-state index contributed by atoms with van der Waals surface area (Å²) in [5.74, 6) is -0.155. The highest BCUT2D eigenvalue weighted by Gasteiger charge is 2.14. The quantitative estimate of drug-likeness (QED) is 0.739. The van der Waals surface area contributed by atoms with E-state index in [1.54, 1.807) is 31.1 Å². The molecule has 0 radical (unpaired) electrons. The summed E-state index contributed by atoms with van der Waals surface area (Å²) in [5.41, 5.74) is 2.30. The molecule has 1 aliphatic rings. The van der Waals surface area contributed by atoms with Gasteiger partial charge in [-0.25, -0.2) is 4.98 Å². The van der Waals surface area contributed by atoms with Crippen LogP contribution < -0.4 is 5.32 Å². The number of carbonyl (C=O) groups excluding carboxylic acids is 1. The average molecular weight is 269 g/mol. The van der Waals surface area contributed by atoms with Crippen molar-refractivity contribution in [1.82, 2.24) is 10.3 Å². The molecule has 0 atom stereocenters. The maximum Gasteiger partial charge on any atom is 0.252 e. The molecule has 0 spiro atoms. The smallest absolute Gasteiger partial charge is 0.252 e. The molecule has 0 fully saturated rings. The number of aromatic nitrogens is 1. The van der Waals surface area contributed by atoms with Crippen LogP contribution in [0.4, 0.5) is 5.69 Å². The normalized spacial score (nSPS) is 12.3. The van der Waals surface area contributed by atoms with E-state index < -0.39 is 0 Å². The first-order chi connectivity index (χ1) is 9.28. The van der Waals surface area contributed by atoms with Crippen molar-refractivity contribution in [3.05, 3.63) is 47.7 Å². The van der Waals surface area contributed by atoms with Crippen molar-refractivity contribution < 1.29 is 4.79 Å². The highest BCUT2D eigenvalue weighted by atomic mass is 32.2. The van der Waals surface area contributed by atoms with Crippen molar-refractivity contribution in [2.45, 2.75) is 9.92 Å². The van der Waals surface area contributed by atoms with Crippen LogP contribution in [0.1, 0.15) is 15.9 Å². The van der Waals surface area contributed by atoms with E-state index in [-0.39, 0.29) is 5.91 Å². The van der Waals surface area contributed by atoms with Crippen molar-refractivity contribution in [1.29, 1.82) is 0 Å². The molecule has 19 heavy (non-hydrogen) atoms. The zero-order valence-electron chi connectivity index (χ0n) is 10.3. The molecule has 1 amide bonds. The number of aliphatic imine (C=N–C) groups is 1. The molecule has 1 aliphatic heterocycles. The average Bonchev–Trinajstić information content (AvgIpc) is 2.64. The van der Waals surface area contributed by atoms with E-state index >= 15 is 0 Å². The van der Waals surface area contributed by atoms with Gasteiger partial charge < -0.3 is 5.32 Å². The molecular weight excluding hydrogens is 258 g/mol. The lowest BCUT2D eigenvalue weighted by Gasteiger charge is -2.05. The summed E-state index contributed by atoms with van der Waals surface area (Å²) < 4.78 is 0. The summed E-state index contributed by atoms with van der Waals surface area (Å²) in [6.45, 7) is 0. The Morgan fingerprint density at radius 3 is 3.00 bits per heavy atom. The molecule has 5 heteroatoms. The summed E-state index contributed by atoms with van der Waals surface area (Å²) in [6, 6.07) is 9.78. The van der Waals surface area contributed by atoms with Crippen LogP contribution in [0.2, 0.25) is 0 Å². The second-order valence-corrected chi connectivity index (χ2v) is 5.06. The molecule has 1 aromatic carbocycles. The number of hydrogen-bond donors (Lipinski definition) is 1. The molecule has 3 rings (SSSR count). The van der Waals surface area contributed by atoms with Crippen LogP contribution in [0, 0.1) is 0 Å². The van der Waals surface area contributed by atoms with Gasteiger partial charge >= 0.3 is 0 Å². The summed E-state index contributed by atoms with van der Waals surface area (Å²) in [5, 5.41) is 3.40. The minimum Gasteiger partial charge on any atom is -0.355 e. The van der Waals surface area contributed by atoms with E-state index in [1.165, 1.54) is 0 Å². The molecule has 0 saturated carbocycles. The third-order valence-corrected chi connectivity index (χ3v) is 3.89. The van der Waals surface area contributed by atoms with E-state index in [1.807, 2.05) is 30.5 Å². The Bertz CT molecular complexity index is 682. The number of amides is 1. The van der Waals surface area contributed by atoms with Gasteiger partial charge in [-0.05, 0) is 12.1 Å². The molecule has 1 aromatic heterocycles. The van der Waals surface area contributed by atoms with Gasteiger partial charge in [-0.1, -0.05) is 30.0 Å². The number of hydrogen-bond acceptors (Lipinski definition) is 4. The van der Waals surface area contributed by atoms with Crippen molar-refractivity contribution >= 4 is 29.6 Å². The standard InChI is InChI=1S/C14H11N3OS/c1-15-13(18)10-6-11-14(17-8-10)19-12-5-3-2-4-9(12)7-16-11/h2-8H,1H3,(H,15,18). The first kappa shape index (κ1) is 11.9. The molecule has 94 valence electrons. The van der Waals surface area contributed by atoms with Crippen LogP contribution in [0.15, 0.2) is 51.4 Å². The maximum atomic E-state index is 11.6. The van der Waals surface area contributed by atoms with E-state index in [9.17, 15) is 4.79 Å². The number of nitrogens with one attached hydrogen (secondary N) is 1. The Morgan fingerprint density at radius 1 is 1.32 bits per heavy atom. The second kappa shape index (κ2) is 4.85. The van der Waals surface area contributed by atoms with Gasteiger partial charge in [-0.15, -0.1) is 0 Å². The molecular formula is C14H11N3OS. The largest absolute Gasteiger partial charge is 0.355 e. The second-order valence-electron chi connectivity index (χ2n) is 4.03. The third-order valence-electron chi connectivity index (χ3n) is 2.79. The Morgan fingerprint density at radius 2 is 2.16 bits per heavy atom. The van der Waals surface area contributed by atoms with Gasteiger partial charge in [0.2, 0.25) is 0 Å². The summed E-state index contributed by atoms with van der Waals surface area (Å²) in [7, 11) is 1.60. The van der Waals surface area contributed by atoms with Crippen molar-refractivity contribution in [3.8, 4) is 0 Å².